The second-order valence-corrected chi connectivity index (χ2v) is 10.5. The Morgan fingerprint density at radius 3 is 2.62 bits per heavy atom. The molecule has 5 nitrogen and oxygen atoms in total. The number of rotatable bonds is 7. The van der Waals surface area contributed by atoms with E-state index in [-0.39, 0.29) is 9.90 Å². The van der Waals surface area contributed by atoms with Crippen LogP contribution in [0.15, 0.2) is 58.1 Å². The Kier molecular flexibility index (Phi) is 5.69. The molecule has 0 bridgehead atoms. The predicted molar refractivity (Wildman–Crippen MR) is 123 cm³/mol. The molecule has 0 radical (unpaired) electrons. The van der Waals surface area contributed by atoms with Gasteiger partial charge in [0.2, 0.25) is 0 Å². The predicted octanol–water partition coefficient (Wildman–Crippen LogP) is 5.35. The Morgan fingerprint density at radius 2 is 1.93 bits per heavy atom. The fourth-order valence-corrected chi connectivity index (χ4v) is 6.47. The number of pyridine rings is 1. The van der Waals surface area contributed by atoms with Gasteiger partial charge < -0.3 is 5.73 Å². The largest absolute Gasteiger partial charge is 0.396 e. The minimum atomic E-state index is -3.68. The van der Waals surface area contributed by atoms with Crippen molar-refractivity contribution in [3.05, 3.63) is 53.9 Å². The van der Waals surface area contributed by atoms with Crippen LogP contribution in [0, 0.1) is 0 Å². The topological polar surface area (TPSA) is 85.1 Å². The first-order valence-corrected chi connectivity index (χ1v) is 12.5. The third kappa shape index (κ3) is 3.93. The standard InChI is InChI=1S/C21H21N3O2S3/c1-2-3-11-23-29(25,26)21-19(22)18-15(14-8-5-4-6-9-14)13-16(24-20(18)28-21)17-10-7-12-27-17/h4-10,12-13,23H,2-3,11,22H2,1H3. The minimum absolute atomic E-state index is 0.136. The van der Waals surface area contributed by atoms with E-state index in [2.05, 4.69) is 4.72 Å². The summed E-state index contributed by atoms with van der Waals surface area (Å²) in [5.74, 6) is 0. The van der Waals surface area contributed by atoms with Gasteiger partial charge in [-0.3, -0.25) is 0 Å². The van der Waals surface area contributed by atoms with Crippen molar-refractivity contribution in [2.45, 2.75) is 24.0 Å². The van der Waals surface area contributed by atoms with Gasteiger partial charge in [-0.2, -0.15) is 0 Å². The third-order valence-electron chi connectivity index (χ3n) is 4.59. The van der Waals surface area contributed by atoms with E-state index in [0.717, 1.165) is 45.9 Å². The van der Waals surface area contributed by atoms with Crippen molar-refractivity contribution in [2.75, 3.05) is 12.3 Å². The van der Waals surface area contributed by atoms with Crippen molar-refractivity contribution in [1.82, 2.24) is 9.71 Å². The van der Waals surface area contributed by atoms with E-state index in [4.69, 9.17) is 10.7 Å². The quantitative estimate of drug-likeness (QED) is 0.377. The van der Waals surface area contributed by atoms with Crippen molar-refractivity contribution in [1.29, 1.82) is 0 Å². The lowest BCUT2D eigenvalue weighted by atomic mass is 10.0. The maximum Gasteiger partial charge on any atom is 0.252 e. The van der Waals surface area contributed by atoms with Gasteiger partial charge in [0.15, 0.2) is 4.21 Å². The van der Waals surface area contributed by atoms with Crippen LogP contribution in [-0.4, -0.2) is 19.9 Å². The zero-order valence-corrected chi connectivity index (χ0v) is 18.3. The van der Waals surface area contributed by atoms with E-state index in [1.807, 2.05) is 60.8 Å². The summed E-state index contributed by atoms with van der Waals surface area (Å²) in [5, 5.41) is 2.69. The highest BCUT2D eigenvalue weighted by Gasteiger charge is 2.25. The first kappa shape index (κ1) is 20.0. The smallest absolute Gasteiger partial charge is 0.252 e. The van der Waals surface area contributed by atoms with E-state index < -0.39 is 10.0 Å². The van der Waals surface area contributed by atoms with Crippen molar-refractivity contribution < 1.29 is 8.42 Å². The molecule has 0 saturated carbocycles. The van der Waals surface area contributed by atoms with Crippen LogP contribution < -0.4 is 10.5 Å². The number of hydrogen-bond acceptors (Lipinski definition) is 6. The van der Waals surface area contributed by atoms with E-state index in [9.17, 15) is 8.42 Å². The number of nitrogens with one attached hydrogen (secondary N) is 1. The van der Waals surface area contributed by atoms with Crippen molar-refractivity contribution >= 4 is 48.6 Å². The Hall–Kier alpha value is -2.26. The molecule has 3 aromatic heterocycles. The summed E-state index contributed by atoms with van der Waals surface area (Å²) < 4.78 is 28.5. The number of aromatic nitrogens is 1. The van der Waals surface area contributed by atoms with Crippen LogP contribution in [0.3, 0.4) is 0 Å². The molecule has 3 heterocycles. The number of fused-ring (bicyclic) bond motifs is 1. The van der Waals surface area contributed by atoms with Gasteiger partial charge in [-0.15, -0.1) is 22.7 Å². The Labute approximate surface area is 178 Å². The summed E-state index contributed by atoms with van der Waals surface area (Å²) in [6, 6.07) is 15.8. The summed E-state index contributed by atoms with van der Waals surface area (Å²) in [7, 11) is -3.68. The molecule has 0 amide bonds. The number of nitrogens with two attached hydrogens (primary N) is 1. The maximum absolute atomic E-state index is 12.9. The van der Waals surface area contributed by atoms with Gasteiger partial charge >= 0.3 is 0 Å². The van der Waals surface area contributed by atoms with Gasteiger partial charge in [-0.05, 0) is 35.1 Å². The second kappa shape index (κ2) is 8.23. The Bertz CT molecular complexity index is 1230. The molecule has 0 aliphatic rings. The number of hydrogen-bond donors (Lipinski definition) is 2. The zero-order chi connectivity index (χ0) is 20.4. The molecule has 29 heavy (non-hydrogen) atoms. The number of unbranched alkanes of at least 4 members (excludes halogenated alkanes) is 1. The molecule has 0 atom stereocenters. The number of benzene rings is 1. The molecule has 150 valence electrons. The van der Waals surface area contributed by atoms with Crippen LogP contribution in [0.1, 0.15) is 19.8 Å². The molecule has 1 aromatic carbocycles. The lowest BCUT2D eigenvalue weighted by molar-refractivity contribution is 0.581. The average Bonchev–Trinajstić information content (AvgIpc) is 3.37. The summed E-state index contributed by atoms with van der Waals surface area (Å²) in [4.78, 5) is 6.41. The van der Waals surface area contributed by atoms with E-state index in [1.54, 1.807) is 11.3 Å². The van der Waals surface area contributed by atoms with Gasteiger partial charge in [0.25, 0.3) is 10.0 Å². The van der Waals surface area contributed by atoms with Crippen LogP contribution in [-0.2, 0) is 10.0 Å². The van der Waals surface area contributed by atoms with Crippen molar-refractivity contribution in [3.8, 4) is 21.7 Å². The van der Waals surface area contributed by atoms with Gasteiger partial charge in [0, 0.05) is 11.9 Å². The molecule has 0 aliphatic carbocycles. The summed E-state index contributed by atoms with van der Waals surface area (Å²) >= 11 is 2.73. The van der Waals surface area contributed by atoms with Gasteiger partial charge in [0.05, 0.1) is 16.3 Å². The SMILES string of the molecule is CCCCNS(=O)(=O)c1sc2nc(-c3cccs3)cc(-c3ccccc3)c2c1N. The van der Waals surface area contributed by atoms with Gasteiger partial charge in [-0.1, -0.05) is 49.7 Å². The molecule has 0 saturated heterocycles. The molecule has 8 heteroatoms. The van der Waals surface area contributed by atoms with E-state index in [1.165, 1.54) is 0 Å². The second-order valence-electron chi connectivity index (χ2n) is 6.63. The van der Waals surface area contributed by atoms with Crippen LogP contribution in [0.25, 0.3) is 31.9 Å². The molecule has 4 rings (SSSR count). The van der Waals surface area contributed by atoms with Crippen LogP contribution in [0.5, 0.6) is 0 Å². The average molecular weight is 444 g/mol. The zero-order valence-electron chi connectivity index (χ0n) is 15.9. The Balaban J connectivity index is 1.93. The molecule has 0 spiro atoms. The highest BCUT2D eigenvalue weighted by Crippen LogP contribution is 2.43. The first-order valence-electron chi connectivity index (χ1n) is 9.33. The normalized spacial score (nSPS) is 11.9. The van der Waals surface area contributed by atoms with Crippen LogP contribution in [0.2, 0.25) is 0 Å². The summed E-state index contributed by atoms with van der Waals surface area (Å²) in [6.45, 7) is 2.41. The van der Waals surface area contributed by atoms with E-state index >= 15 is 0 Å². The van der Waals surface area contributed by atoms with Crippen molar-refractivity contribution in [3.63, 3.8) is 0 Å². The molecule has 0 fully saturated rings. The minimum Gasteiger partial charge on any atom is -0.396 e. The number of nitrogen functional groups attached to an aromatic ring is 1. The molecular formula is C21H21N3O2S3. The van der Waals surface area contributed by atoms with Crippen molar-refractivity contribution in [2.24, 2.45) is 0 Å². The fourth-order valence-electron chi connectivity index (χ4n) is 3.15. The van der Waals surface area contributed by atoms with Crippen LogP contribution >= 0.6 is 22.7 Å². The number of sulfonamides is 1. The van der Waals surface area contributed by atoms with Crippen LogP contribution in [0.4, 0.5) is 5.69 Å². The highest BCUT2D eigenvalue weighted by atomic mass is 32.2. The van der Waals surface area contributed by atoms with Gasteiger partial charge in [-0.25, -0.2) is 18.1 Å². The summed E-state index contributed by atoms with van der Waals surface area (Å²) in [6.07, 6.45) is 1.69. The third-order valence-corrected chi connectivity index (χ3v) is 8.58. The monoisotopic (exact) mass is 443 g/mol. The molecule has 0 unspecified atom stereocenters. The summed E-state index contributed by atoms with van der Waals surface area (Å²) in [5.41, 5.74) is 9.34. The van der Waals surface area contributed by atoms with E-state index in [0.29, 0.717) is 16.8 Å². The number of anilines is 1. The fraction of sp³-hybridized carbons (Fsp3) is 0.190. The Morgan fingerprint density at radius 1 is 1.14 bits per heavy atom. The lowest BCUT2D eigenvalue weighted by Crippen LogP contribution is -2.24. The molecule has 0 aliphatic heterocycles. The molecule has 4 aromatic rings. The number of thiophene rings is 2. The molecule has 3 N–H and O–H groups in total. The lowest BCUT2D eigenvalue weighted by Gasteiger charge is -2.08. The first-order chi connectivity index (χ1) is 14.0. The maximum atomic E-state index is 12.9. The number of nitrogens with zero attached hydrogens (tertiary/aromatic N) is 1. The highest BCUT2D eigenvalue weighted by molar-refractivity contribution is 7.92. The molecular weight excluding hydrogens is 422 g/mol. The van der Waals surface area contributed by atoms with Gasteiger partial charge in [0.1, 0.15) is 4.83 Å².